The fourth-order valence-corrected chi connectivity index (χ4v) is 2.56. The van der Waals surface area contributed by atoms with Crippen LogP contribution in [0.25, 0.3) is 0 Å². The van der Waals surface area contributed by atoms with Crippen molar-refractivity contribution in [3.63, 3.8) is 0 Å². The predicted octanol–water partition coefficient (Wildman–Crippen LogP) is 1.88. The SMILES string of the molecule is CC(CNC1CC1)COCCC1CCCN1C. The zero-order valence-corrected chi connectivity index (χ0v) is 11.5. The lowest BCUT2D eigenvalue weighted by Crippen LogP contribution is -2.28. The van der Waals surface area contributed by atoms with E-state index in [0.29, 0.717) is 5.92 Å². The maximum Gasteiger partial charge on any atom is 0.0503 e. The number of nitrogens with one attached hydrogen (secondary N) is 1. The Kier molecular flexibility index (Phi) is 5.26. The van der Waals surface area contributed by atoms with Gasteiger partial charge in [-0.05, 0) is 51.6 Å². The molecule has 2 aliphatic rings. The smallest absolute Gasteiger partial charge is 0.0503 e. The standard InChI is InChI=1S/C14H28N2O/c1-12(10-15-13-5-6-13)11-17-9-7-14-4-3-8-16(14)2/h12-15H,3-11H2,1-2H3. The highest BCUT2D eigenvalue weighted by molar-refractivity contribution is 4.81. The van der Waals surface area contributed by atoms with Crippen molar-refractivity contribution in [1.82, 2.24) is 10.2 Å². The second-order valence-corrected chi connectivity index (χ2v) is 5.93. The third-order valence-corrected chi connectivity index (χ3v) is 4.00. The van der Waals surface area contributed by atoms with E-state index in [0.717, 1.165) is 31.8 Å². The van der Waals surface area contributed by atoms with Gasteiger partial charge in [-0.15, -0.1) is 0 Å². The predicted molar refractivity (Wildman–Crippen MR) is 71.3 cm³/mol. The van der Waals surface area contributed by atoms with E-state index in [1.807, 2.05) is 0 Å². The lowest BCUT2D eigenvalue weighted by atomic mass is 10.1. The summed E-state index contributed by atoms with van der Waals surface area (Å²) in [6.45, 7) is 6.51. The van der Waals surface area contributed by atoms with Gasteiger partial charge in [0.15, 0.2) is 0 Å². The molecule has 3 heteroatoms. The van der Waals surface area contributed by atoms with Crippen molar-refractivity contribution in [2.75, 3.05) is 33.4 Å². The Hall–Kier alpha value is -0.120. The van der Waals surface area contributed by atoms with E-state index in [9.17, 15) is 0 Å². The molecule has 0 bridgehead atoms. The Balaban J connectivity index is 1.44. The third kappa shape index (κ3) is 4.94. The van der Waals surface area contributed by atoms with Crippen LogP contribution >= 0.6 is 0 Å². The quantitative estimate of drug-likeness (QED) is 0.656. The summed E-state index contributed by atoms with van der Waals surface area (Å²) in [7, 11) is 2.24. The summed E-state index contributed by atoms with van der Waals surface area (Å²) in [5.74, 6) is 0.650. The molecule has 0 aromatic rings. The molecule has 1 N–H and O–H groups in total. The molecule has 0 aromatic heterocycles. The van der Waals surface area contributed by atoms with Gasteiger partial charge in [-0.25, -0.2) is 0 Å². The second kappa shape index (κ2) is 6.72. The van der Waals surface area contributed by atoms with Crippen LogP contribution in [0.5, 0.6) is 0 Å². The molecule has 1 aliphatic heterocycles. The van der Waals surface area contributed by atoms with Gasteiger partial charge in [0.2, 0.25) is 0 Å². The number of nitrogens with zero attached hydrogens (tertiary/aromatic N) is 1. The van der Waals surface area contributed by atoms with Gasteiger partial charge in [0.05, 0.1) is 6.61 Å². The summed E-state index contributed by atoms with van der Waals surface area (Å²) in [5, 5.41) is 3.56. The molecule has 0 amide bonds. The van der Waals surface area contributed by atoms with Gasteiger partial charge in [-0.2, -0.15) is 0 Å². The minimum atomic E-state index is 0.650. The lowest BCUT2D eigenvalue weighted by molar-refractivity contribution is 0.0885. The first-order valence-corrected chi connectivity index (χ1v) is 7.27. The Morgan fingerprint density at radius 3 is 2.82 bits per heavy atom. The fourth-order valence-electron chi connectivity index (χ4n) is 2.56. The van der Waals surface area contributed by atoms with Crippen LogP contribution in [0.3, 0.4) is 0 Å². The first-order valence-electron chi connectivity index (χ1n) is 7.27. The molecule has 1 saturated carbocycles. The summed E-state index contributed by atoms with van der Waals surface area (Å²) < 4.78 is 5.79. The molecule has 1 saturated heterocycles. The molecule has 100 valence electrons. The largest absolute Gasteiger partial charge is 0.381 e. The maximum absolute atomic E-state index is 5.79. The van der Waals surface area contributed by atoms with Gasteiger partial charge in [-0.1, -0.05) is 6.92 Å². The van der Waals surface area contributed by atoms with E-state index in [2.05, 4.69) is 24.2 Å². The Morgan fingerprint density at radius 1 is 1.35 bits per heavy atom. The minimum Gasteiger partial charge on any atom is -0.381 e. The molecule has 2 fully saturated rings. The third-order valence-electron chi connectivity index (χ3n) is 4.00. The first kappa shape index (κ1) is 13.3. The summed E-state index contributed by atoms with van der Waals surface area (Å²) in [4.78, 5) is 2.47. The monoisotopic (exact) mass is 240 g/mol. The topological polar surface area (TPSA) is 24.5 Å². The Morgan fingerprint density at radius 2 is 2.18 bits per heavy atom. The van der Waals surface area contributed by atoms with Crippen LogP contribution in [-0.2, 0) is 4.74 Å². The van der Waals surface area contributed by atoms with E-state index in [1.165, 1.54) is 38.6 Å². The molecule has 3 nitrogen and oxygen atoms in total. The molecule has 1 heterocycles. The van der Waals surface area contributed by atoms with Gasteiger partial charge in [0.25, 0.3) is 0 Å². The highest BCUT2D eigenvalue weighted by atomic mass is 16.5. The Labute approximate surface area is 106 Å². The summed E-state index contributed by atoms with van der Waals surface area (Å²) in [6.07, 6.45) is 6.68. The zero-order chi connectivity index (χ0) is 12.1. The molecule has 0 spiro atoms. The Bertz CT molecular complexity index is 218. The van der Waals surface area contributed by atoms with Gasteiger partial charge < -0.3 is 15.0 Å². The van der Waals surface area contributed by atoms with Crippen LogP contribution in [0.4, 0.5) is 0 Å². The number of hydrogen-bond donors (Lipinski definition) is 1. The van der Waals surface area contributed by atoms with E-state index in [1.54, 1.807) is 0 Å². The highest BCUT2D eigenvalue weighted by Gasteiger charge is 2.21. The van der Waals surface area contributed by atoms with Crippen LogP contribution in [0.2, 0.25) is 0 Å². The van der Waals surface area contributed by atoms with Gasteiger partial charge in [-0.3, -0.25) is 0 Å². The van der Waals surface area contributed by atoms with Crippen molar-refractivity contribution >= 4 is 0 Å². The number of likely N-dealkylation sites (tertiary alicyclic amines) is 1. The molecule has 0 radical (unpaired) electrons. The normalized spacial score (nSPS) is 27.5. The van der Waals surface area contributed by atoms with Gasteiger partial charge in [0.1, 0.15) is 0 Å². The molecule has 2 rings (SSSR count). The van der Waals surface area contributed by atoms with Crippen LogP contribution in [0, 0.1) is 5.92 Å². The van der Waals surface area contributed by atoms with Crippen LogP contribution in [0.15, 0.2) is 0 Å². The van der Waals surface area contributed by atoms with E-state index < -0.39 is 0 Å². The van der Waals surface area contributed by atoms with Crippen LogP contribution in [0.1, 0.15) is 39.0 Å². The molecular weight excluding hydrogens is 212 g/mol. The van der Waals surface area contributed by atoms with Crippen molar-refractivity contribution in [2.45, 2.75) is 51.1 Å². The summed E-state index contributed by atoms with van der Waals surface area (Å²) in [6, 6.07) is 1.60. The fraction of sp³-hybridized carbons (Fsp3) is 1.00. The minimum absolute atomic E-state index is 0.650. The first-order chi connectivity index (χ1) is 8.25. The molecule has 2 unspecified atom stereocenters. The average Bonchev–Trinajstić information content (AvgIpc) is 3.06. The van der Waals surface area contributed by atoms with Crippen LogP contribution in [-0.4, -0.2) is 50.3 Å². The van der Waals surface area contributed by atoms with Gasteiger partial charge >= 0.3 is 0 Å². The van der Waals surface area contributed by atoms with Crippen molar-refractivity contribution < 1.29 is 4.74 Å². The molecule has 1 aliphatic carbocycles. The van der Waals surface area contributed by atoms with Crippen molar-refractivity contribution in [3.05, 3.63) is 0 Å². The van der Waals surface area contributed by atoms with E-state index >= 15 is 0 Å². The number of hydrogen-bond acceptors (Lipinski definition) is 3. The average molecular weight is 240 g/mol. The van der Waals surface area contributed by atoms with E-state index in [4.69, 9.17) is 4.74 Å². The van der Waals surface area contributed by atoms with Crippen molar-refractivity contribution in [3.8, 4) is 0 Å². The molecule has 2 atom stereocenters. The second-order valence-electron chi connectivity index (χ2n) is 5.93. The molecule has 17 heavy (non-hydrogen) atoms. The maximum atomic E-state index is 5.79. The lowest BCUT2D eigenvalue weighted by Gasteiger charge is -2.19. The van der Waals surface area contributed by atoms with E-state index in [-0.39, 0.29) is 0 Å². The summed E-state index contributed by atoms with van der Waals surface area (Å²) >= 11 is 0. The number of ether oxygens (including phenoxy) is 1. The summed E-state index contributed by atoms with van der Waals surface area (Å²) in [5.41, 5.74) is 0. The molecule has 0 aromatic carbocycles. The van der Waals surface area contributed by atoms with Gasteiger partial charge in [0, 0.05) is 25.2 Å². The van der Waals surface area contributed by atoms with Crippen molar-refractivity contribution in [1.29, 1.82) is 0 Å². The molecular formula is C14H28N2O. The number of rotatable bonds is 8. The van der Waals surface area contributed by atoms with Crippen LogP contribution < -0.4 is 5.32 Å². The zero-order valence-electron chi connectivity index (χ0n) is 11.5. The van der Waals surface area contributed by atoms with Crippen molar-refractivity contribution in [2.24, 2.45) is 5.92 Å². The highest BCUT2D eigenvalue weighted by Crippen LogP contribution is 2.19.